The van der Waals surface area contributed by atoms with Crippen molar-refractivity contribution in [3.8, 4) is 6.07 Å². The molecule has 2 aromatic heterocycles. The van der Waals surface area contributed by atoms with Crippen LogP contribution in [0.1, 0.15) is 4.88 Å². The smallest absolute Gasteiger partial charge is 0.252 e. The van der Waals surface area contributed by atoms with Crippen molar-refractivity contribution in [2.45, 2.75) is 4.21 Å². The van der Waals surface area contributed by atoms with Gasteiger partial charge in [0.1, 0.15) is 21.0 Å². The Bertz CT molecular complexity index is 687. The Morgan fingerprint density at radius 1 is 1.33 bits per heavy atom. The molecule has 2 aromatic rings. The van der Waals surface area contributed by atoms with Gasteiger partial charge in [0.05, 0.1) is 0 Å². The predicted molar refractivity (Wildman–Crippen MR) is 68.9 cm³/mol. The molecule has 0 bridgehead atoms. The summed E-state index contributed by atoms with van der Waals surface area (Å²) in [6.07, 6.45) is 1.52. The van der Waals surface area contributed by atoms with Gasteiger partial charge in [0.15, 0.2) is 0 Å². The van der Waals surface area contributed by atoms with Gasteiger partial charge < -0.3 is 0 Å². The van der Waals surface area contributed by atoms with Crippen molar-refractivity contribution in [3.63, 3.8) is 0 Å². The van der Waals surface area contributed by atoms with E-state index in [2.05, 4.69) is 4.98 Å². The third kappa shape index (κ3) is 2.20. The third-order valence-corrected chi connectivity index (χ3v) is 5.50. The van der Waals surface area contributed by atoms with Crippen LogP contribution >= 0.6 is 11.3 Å². The van der Waals surface area contributed by atoms with Crippen molar-refractivity contribution < 1.29 is 8.42 Å². The van der Waals surface area contributed by atoms with E-state index in [0.29, 0.717) is 10.7 Å². The zero-order chi connectivity index (χ0) is 13.2. The molecule has 0 aliphatic rings. The molecule has 0 amide bonds. The van der Waals surface area contributed by atoms with Crippen LogP contribution in [0.3, 0.4) is 0 Å². The molecular weight excluding hydrogens is 270 g/mol. The standard InChI is InChI=1S/C11H9N3O2S2/c1-14(10-4-2-3-7-13-10)18(15,16)11-6-5-9(8-12)17-11/h2-7H,1H3. The first kappa shape index (κ1) is 12.5. The van der Waals surface area contributed by atoms with Gasteiger partial charge >= 0.3 is 0 Å². The molecule has 2 heterocycles. The van der Waals surface area contributed by atoms with E-state index >= 15 is 0 Å². The maximum absolute atomic E-state index is 12.2. The summed E-state index contributed by atoms with van der Waals surface area (Å²) in [5.41, 5.74) is 0. The summed E-state index contributed by atoms with van der Waals surface area (Å²) in [5.74, 6) is 0.337. The summed E-state index contributed by atoms with van der Waals surface area (Å²) in [4.78, 5) is 4.35. The summed E-state index contributed by atoms with van der Waals surface area (Å²) in [5, 5.41) is 8.71. The number of aromatic nitrogens is 1. The van der Waals surface area contributed by atoms with Gasteiger partial charge in [-0.2, -0.15) is 5.26 Å². The maximum Gasteiger partial charge on any atom is 0.274 e. The summed E-state index contributed by atoms with van der Waals surface area (Å²) in [6.45, 7) is 0. The Morgan fingerprint density at radius 3 is 2.67 bits per heavy atom. The summed E-state index contributed by atoms with van der Waals surface area (Å²) in [6, 6.07) is 9.87. The minimum atomic E-state index is -3.64. The van der Waals surface area contributed by atoms with Gasteiger partial charge in [-0.3, -0.25) is 4.31 Å². The fraction of sp³-hybridized carbons (Fsp3) is 0.0909. The molecule has 0 atom stereocenters. The van der Waals surface area contributed by atoms with Gasteiger partial charge in [0, 0.05) is 13.2 Å². The zero-order valence-corrected chi connectivity index (χ0v) is 11.1. The molecule has 92 valence electrons. The number of hydrogen-bond donors (Lipinski definition) is 0. The van der Waals surface area contributed by atoms with Crippen LogP contribution < -0.4 is 4.31 Å². The topological polar surface area (TPSA) is 74.1 Å². The highest BCUT2D eigenvalue weighted by Gasteiger charge is 2.23. The molecule has 0 N–H and O–H groups in total. The highest BCUT2D eigenvalue weighted by molar-refractivity contribution is 7.94. The number of pyridine rings is 1. The lowest BCUT2D eigenvalue weighted by Gasteiger charge is -2.16. The van der Waals surface area contributed by atoms with E-state index in [0.717, 1.165) is 15.6 Å². The van der Waals surface area contributed by atoms with Crippen LogP contribution in [0.15, 0.2) is 40.7 Å². The van der Waals surface area contributed by atoms with Crippen LogP contribution in [0.25, 0.3) is 0 Å². The van der Waals surface area contributed by atoms with Crippen molar-refractivity contribution >= 4 is 27.2 Å². The van der Waals surface area contributed by atoms with Gasteiger partial charge in [-0.05, 0) is 24.3 Å². The molecule has 0 aliphatic heterocycles. The molecule has 7 heteroatoms. The van der Waals surface area contributed by atoms with Crippen molar-refractivity contribution in [2.24, 2.45) is 0 Å². The summed E-state index contributed by atoms with van der Waals surface area (Å²) >= 11 is 0.944. The monoisotopic (exact) mass is 279 g/mol. The third-order valence-electron chi connectivity index (χ3n) is 2.28. The van der Waals surface area contributed by atoms with Crippen LogP contribution in [0, 0.1) is 11.3 Å². The van der Waals surface area contributed by atoms with Crippen molar-refractivity contribution in [1.82, 2.24) is 4.98 Å². The average molecular weight is 279 g/mol. The number of rotatable bonds is 3. The van der Waals surface area contributed by atoms with Crippen LogP contribution in [0.2, 0.25) is 0 Å². The number of nitrogens with zero attached hydrogens (tertiary/aromatic N) is 3. The second-order valence-corrected chi connectivity index (χ2v) is 6.67. The molecule has 0 saturated heterocycles. The molecule has 18 heavy (non-hydrogen) atoms. The van der Waals surface area contributed by atoms with Crippen LogP contribution in [-0.4, -0.2) is 20.4 Å². The van der Waals surface area contributed by atoms with Crippen LogP contribution in [0.4, 0.5) is 5.82 Å². The highest BCUT2D eigenvalue weighted by Crippen LogP contribution is 2.26. The lowest BCUT2D eigenvalue weighted by molar-refractivity contribution is 0.596. The van der Waals surface area contributed by atoms with E-state index in [9.17, 15) is 8.42 Å². The lowest BCUT2D eigenvalue weighted by Crippen LogP contribution is -2.26. The average Bonchev–Trinajstić information content (AvgIpc) is 2.88. The largest absolute Gasteiger partial charge is 0.274 e. The van der Waals surface area contributed by atoms with Crippen molar-refractivity contribution in [1.29, 1.82) is 5.26 Å². The van der Waals surface area contributed by atoms with Crippen molar-refractivity contribution in [2.75, 3.05) is 11.4 Å². The normalized spacial score (nSPS) is 10.9. The first-order valence-electron chi connectivity index (χ1n) is 4.95. The molecule has 0 aliphatic carbocycles. The molecule has 0 unspecified atom stereocenters. The number of thiophene rings is 1. The quantitative estimate of drug-likeness (QED) is 0.859. The fourth-order valence-electron chi connectivity index (χ4n) is 1.32. The lowest BCUT2D eigenvalue weighted by atomic mass is 10.5. The van der Waals surface area contributed by atoms with E-state index in [1.807, 2.05) is 6.07 Å². The van der Waals surface area contributed by atoms with E-state index < -0.39 is 10.0 Å². The number of hydrogen-bond acceptors (Lipinski definition) is 5. The second-order valence-electron chi connectivity index (χ2n) is 3.39. The Balaban J connectivity index is 2.41. The van der Waals surface area contributed by atoms with Crippen LogP contribution in [-0.2, 0) is 10.0 Å². The molecule has 5 nitrogen and oxygen atoms in total. The molecule has 0 radical (unpaired) electrons. The minimum Gasteiger partial charge on any atom is -0.252 e. The van der Waals surface area contributed by atoms with E-state index in [1.54, 1.807) is 18.2 Å². The Morgan fingerprint density at radius 2 is 2.11 bits per heavy atom. The van der Waals surface area contributed by atoms with Gasteiger partial charge in [-0.1, -0.05) is 6.07 Å². The summed E-state index contributed by atoms with van der Waals surface area (Å²) < 4.78 is 25.7. The highest BCUT2D eigenvalue weighted by atomic mass is 32.2. The predicted octanol–water partition coefficient (Wildman–Crippen LogP) is 1.84. The van der Waals surface area contributed by atoms with E-state index in [-0.39, 0.29) is 4.21 Å². The Hall–Kier alpha value is -1.91. The van der Waals surface area contributed by atoms with Gasteiger partial charge in [-0.25, -0.2) is 13.4 Å². The van der Waals surface area contributed by atoms with E-state index in [1.165, 1.54) is 25.4 Å². The van der Waals surface area contributed by atoms with Gasteiger partial charge in [0.2, 0.25) is 0 Å². The Labute approximate surface area is 109 Å². The first-order valence-corrected chi connectivity index (χ1v) is 7.21. The molecule has 0 saturated carbocycles. The SMILES string of the molecule is CN(c1ccccn1)S(=O)(=O)c1ccc(C#N)s1. The number of anilines is 1. The van der Waals surface area contributed by atoms with E-state index in [4.69, 9.17) is 5.26 Å². The molecule has 0 fully saturated rings. The van der Waals surface area contributed by atoms with Gasteiger partial charge in [0.25, 0.3) is 10.0 Å². The fourth-order valence-corrected chi connectivity index (χ4v) is 3.74. The number of sulfonamides is 1. The molecule has 0 aromatic carbocycles. The molecular formula is C11H9N3O2S2. The van der Waals surface area contributed by atoms with Gasteiger partial charge in [-0.15, -0.1) is 11.3 Å². The minimum absolute atomic E-state index is 0.132. The zero-order valence-electron chi connectivity index (χ0n) is 9.44. The molecule has 0 spiro atoms. The van der Waals surface area contributed by atoms with Crippen LogP contribution in [0.5, 0.6) is 0 Å². The second kappa shape index (κ2) is 4.76. The first-order chi connectivity index (χ1) is 8.55. The summed E-state index contributed by atoms with van der Waals surface area (Å²) in [7, 11) is -2.21. The van der Waals surface area contributed by atoms with Crippen molar-refractivity contribution in [3.05, 3.63) is 41.4 Å². The molecule has 2 rings (SSSR count). The Kier molecular flexibility index (Phi) is 3.32. The number of nitriles is 1. The maximum atomic E-state index is 12.2.